The molecule has 1 saturated heterocycles. The molecule has 0 aromatic rings. The lowest BCUT2D eigenvalue weighted by Crippen LogP contribution is -2.48. The molecular weight excluding hydrogens is 222 g/mol. The number of ether oxygens (including phenoxy) is 1. The van der Waals surface area contributed by atoms with E-state index in [9.17, 15) is 9.59 Å². The maximum absolute atomic E-state index is 11.9. The number of nitrogens with zero attached hydrogens (tertiary/aromatic N) is 1. The minimum absolute atomic E-state index is 0.0305. The number of carbonyl (C=O) groups is 2. The minimum Gasteiger partial charge on any atom is -0.444 e. The van der Waals surface area contributed by atoms with Crippen LogP contribution in [0.3, 0.4) is 0 Å². The van der Waals surface area contributed by atoms with Crippen molar-refractivity contribution in [2.24, 2.45) is 0 Å². The molecule has 1 rings (SSSR count). The Morgan fingerprint density at radius 1 is 1.53 bits per heavy atom. The lowest BCUT2D eigenvalue weighted by molar-refractivity contribution is -0.123. The van der Waals surface area contributed by atoms with Crippen molar-refractivity contribution in [3.63, 3.8) is 0 Å². The zero-order valence-corrected chi connectivity index (χ0v) is 10.7. The smallest absolute Gasteiger partial charge is 0.410 e. The van der Waals surface area contributed by atoms with E-state index in [1.807, 2.05) is 0 Å². The van der Waals surface area contributed by atoms with Crippen molar-refractivity contribution >= 4 is 11.9 Å². The van der Waals surface area contributed by atoms with Crippen molar-refractivity contribution in [2.75, 3.05) is 13.2 Å². The van der Waals surface area contributed by atoms with Crippen LogP contribution in [0.25, 0.3) is 0 Å². The molecule has 0 aromatic heterocycles. The summed E-state index contributed by atoms with van der Waals surface area (Å²) in [6.45, 7) is 5.78. The summed E-state index contributed by atoms with van der Waals surface area (Å²) in [5.41, 5.74) is -0.539. The van der Waals surface area contributed by atoms with Crippen molar-refractivity contribution in [3.8, 4) is 0 Å². The first-order valence-corrected chi connectivity index (χ1v) is 5.95. The highest BCUT2D eigenvalue weighted by molar-refractivity contribution is 5.82. The lowest BCUT2D eigenvalue weighted by atomic mass is 9.99. The third kappa shape index (κ3) is 4.34. The Labute approximate surface area is 102 Å². The fraction of sp³-hybridized carbons (Fsp3) is 0.833. The predicted octanol–water partition coefficient (Wildman–Crippen LogP) is 1.34. The Hall–Kier alpha value is -1.10. The zero-order chi connectivity index (χ0) is 13.1. The van der Waals surface area contributed by atoms with Crippen LogP contribution < -0.4 is 0 Å². The number of amides is 1. The normalized spacial score (nSPS) is 21.5. The van der Waals surface area contributed by atoms with Crippen LogP contribution in [0.5, 0.6) is 0 Å². The Morgan fingerprint density at radius 2 is 2.18 bits per heavy atom. The monoisotopic (exact) mass is 243 g/mol. The molecule has 1 heterocycles. The average Bonchev–Trinajstić information content (AvgIpc) is 2.15. The number of aliphatic hydroxyl groups excluding tert-OH is 1. The maximum atomic E-state index is 11.9. The molecule has 1 amide bonds. The summed E-state index contributed by atoms with van der Waals surface area (Å²) in [7, 11) is 0. The van der Waals surface area contributed by atoms with Crippen LogP contribution in [0, 0.1) is 0 Å². The van der Waals surface area contributed by atoms with Crippen molar-refractivity contribution in [2.45, 2.75) is 51.7 Å². The maximum Gasteiger partial charge on any atom is 0.410 e. The molecule has 0 aromatic carbocycles. The third-order valence-corrected chi connectivity index (χ3v) is 2.63. The second-order valence-corrected chi connectivity index (χ2v) is 5.33. The van der Waals surface area contributed by atoms with E-state index in [1.165, 1.54) is 0 Å². The van der Waals surface area contributed by atoms with Crippen LogP contribution in [0.2, 0.25) is 0 Å². The van der Waals surface area contributed by atoms with Gasteiger partial charge in [0.2, 0.25) is 0 Å². The van der Waals surface area contributed by atoms with E-state index in [-0.39, 0.29) is 18.4 Å². The van der Waals surface area contributed by atoms with Crippen LogP contribution in [0.1, 0.15) is 40.0 Å². The SMILES string of the molecule is CC(C)(C)OC(=O)N1CCC(=O)CC1CCO. The molecular formula is C12H21NO4. The topological polar surface area (TPSA) is 66.8 Å². The third-order valence-electron chi connectivity index (χ3n) is 2.63. The molecule has 1 unspecified atom stereocenters. The Morgan fingerprint density at radius 3 is 2.71 bits per heavy atom. The van der Waals surface area contributed by atoms with Gasteiger partial charge in [0, 0.05) is 32.0 Å². The summed E-state index contributed by atoms with van der Waals surface area (Å²) in [6.07, 6.45) is 0.717. The fourth-order valence-electron chi connectivity index (χ4n) is 1.87. The van der Waals surface area contributed by atoms with E-state index in [2.05, 4.69) is 0 Å². The number of aliphatic hydroxyl groups is 1. The molecule has 0 radical (unpaired) electrons. The van der Waals surface area contributed by atoms with Gasteiger partial charge < -0.3 is 14.7 Å². The van der Waals surface area contributed by atoms with Gasteiger partial charge in [-0.3, -0.25) is 4.79 Å². The first kappa shape index (κ1) is 14.0. The quantitative estimate of drug-likeness (QED) is 0.794. The number of hydrogen-bond acceptors (Lipinski definition) is 4. The highest BCUT2D eigenvalue weighted by atomic mass is 16.6. The van der Waals surface area contributed by atoms with E-state index in [0.717, 1.165) is 0 Å². The molecule has 1 fully saturated rings. The first-order chi connectivity index (χ1) is 7.83. The standard InChI is InChI=1S/C12H21NO4/c1-12(2,3)17-11(16)13-6-4-10(15)8-9(13)5-7-14/h9,14H,4-8H2,1-3H3. The van der Waals surface area contributed by atoms with Gasteiger partial charge >= 0.3 is 6.09 Å². The molecule has 1 aliphatic heterocycles. The molecule has 1 N–H and O–H groups in total. The minimum atomic E-state index is -0.539. The van der Waals surface area contributed by atoms with Crippen LogP contribution in [0.15, 0.2) is 0 Å². The zero-order valence-electron chi connectivity index (χ0n) is 10.7. The van der Waals surface area contributed by atoms with Crippen molar-refractivity contribution < 1.29 is 19.4 Å². The summed E-state index contributed by atoms with van der Waals surface area (Å²) >= 11 is 0. The molecule has 1 atom stereocenters. The highest BCUT2D eigenvalue weighted by Gasteiger charge is 2.32. The molecule has 98 valence electrons. The van der Waals surface area contributed by atoms with E-state index in [0.29, 0.717) is 25.8 Å². The summed E-state index contributed by atoms with van der Waals surface area (Å²) in [5.74, 6) is 0.142. The molecule has 0 aliphatic carbocycles. The van der Waals surface area contributed by atoms with Gasteiger partial charge in [-0.15, -0.1) is 0 Å². The van der Waals surface area contributed by atoms with Gasteiger partial charge in [0.1, 0.15) is 11.4 Å². The number of hydrogen-bond donors (Lipinski definition) is 1. The average molecular weight is 243 g/mol. The van der Waals surface area contributed by atoms with E-state index in [4.69, 9.17) is 9.84 Å². The van der Waals surface area contributed by atoms with Crippen LogP contribution in [-0.4, -0.2) is 46.7 Å². The lowest BCUT2D eigenvalue weighted by Gasteiger charge is -2.35. The number of carbonyl (C=O) groups excluding carboxylic acids is 2. The number of likely N-dealkylation sites (tertiary alicyclic amines) is 1. The summed E-state index contributed by atoms with van der Waals surface area (Å²) in [6, 6.07) is -0.226. The van der Waals surface area contributed by atoms with Gasteiger partial charge in [0.05, 0.1) is 0 Å². The van der Waals surface area contributed by atoms with Gasteiger partial charge in [-0.1, -0.05) is 0 Å². The molecule has 5 heteroatoms. The van der Waals surface area contributed by atoms with Gasteiger partial charge in [-0.25, -0.2) is 4.79 Å². The van der Waals surface area contributed by atoms with Crippen molar-refractivity contribution in [1.82, 2.24) is 4.90 Å². The second kappa shape index (κ2) is 5.49. The van der Waals surface area contributed by atoms with E-state index in [1.54, 1.807) is 25.7 Å². The largest absolute Gasteiger partial charge is 0.444 e. The molecule has 1 aliphatic rings. The van der Waals surface area contributed by atoms with Crippen LogP contribution in [-0.2, 0) is 9.53 Å². The summed E-state index contributed by atoms with van der Waals surface area (Å²) in [4.78, 5) is 24.8. The molecule has 0 spiro atoms. The van der Waals surface area contributed by atoms with Gasteiger partial charge in [0.15, 0.2) is 0 Å². The summed E-state index contributed by atoms with van der Waals surface area (Å²) in [5, 5.41) is 8.95. The van der Waals surface area contributed by atoms with Gasteiger partial charge in [0.25, 0.3) is 0 Å². The van der Waals surface area contributed by atoms with Crippen LogP contribution >= 0.6 is 0 Å². The number of piperidine rings is 1. The predicted molar refractivity (Wildman–Crippen MR) is 62.7 cm³/mol. The van der Waals surface area contributed by atoms with Crippen molar-refractivity contribution in [1.29, 1.82) is 0 Å². The molecule has 5 nitrogen and oxygen atoms in total. The molecule has 0 bridgehead atoms. The Balaban J connectivity index is 2.66. The van der Waals surface area contributed by atoms with Gasteiger partial charge in [-0.2, -0.15) is 0 Å². The van der Waals surface area contributed by atoms with Gasteiger partial charge in [-0.05, 0) is 27.2 Å². The second-order valence-electron chi connectivity index (χ2n) is 5.33. The highest BCUT2D eigenvalue weighted by Crippen LogP contribution is 2.20. The molecule has 0 saturated carbocycles. The number of Topliss-reactive ketones (excluding diaryl/α,β-unsaturated/α-hetero) is 1. The van der Waals surface area contributed by atoms with Crippen molar-refractivity contribution in [3.05, 3.63) is 0 Å². The van der Waals surface area contributed by atoms with E-state index >= 15 is 0 Å². The molecule has 17 heavy (non-hydrogen) atoms. The number of rotatable bonds is 2. The summed E-state index contributed by atoms with van der Waals surface area (Å²) < 4.78 is 5.28. The Bertz CT molecular complexity index is 295. The first-order valence-electron chi connectivity index (χ1n) is 5.95. The van der Waals surface area contributed by atoms with Crippen LogP contribution in [0.4, 0.5) is 4.79 Å². The number of ketones is 1. The van der Waals surface area contributed by atoms with E-state index < -0.39 is 11.7 Å². The fourth-order valence-corrected chi connectivity index (χ4v) is 1.87. The Kier molecular flexibility index (Phi) is 4.51.